The monoisotopic (exact) mass is 188 g/mol. The highest BCUT2D eigenvalue weighted by molar-refractivity contribution is 5.45. The second-order valence-electron chi connectivity index (χ2n) is 3.71. The first-order valence-electron chi connectivity index (χ1n) is 4.94. The third-order valence-electron chi connectivity index (χ3n) is 2.51. The molecule has 0 bridgehead atoms. The fourth-order valence-corrected chi connectivity index (χ4v) is 1.54. The van der Waals surface area contributed by atoms with Crippen LogP contribution >= 0.6 is 0 Å². The van der Waals surface area contributed by atoms with Gasteiger partial charge >= 0.3 is 0 Å². The Hall–Kier alpha value is -1.42. The standard InChI is InChI=1S/C10H12N4/c1-4-11-10-8(6-12-9-2-3-9)7-13-14(10)5-1/h1,4-5,7,9,12H,2-3,6H2. The number of rotatable bonds is 3. The van der Waals surface area contributed by atoms with Gasteiger partial charge in [-0.15, -0.1) is 0 Å². The van der Waals surface area contributed by atoms with Crippen molar-refractivity contribution in [2.45, 2.75) is 25.4 Å². The van der Waals surface area contributed by atoms with E-state index in [2.05, 4.69) is 15.4 Å². The predicted molar refractivity (Wildman–Crippen MR) is 52.8 cm³/mol. The average molecular weight is 188 g/mol. The summed E-state index contributed by atoms with van der Waals surface area (Å²) in [6.07, 6.45) is 8.23. The van der Waals surface area contributed by atoms with Gasteiger partial charge in [-0.2, -0.15) is 5.10 Å². The van der Waals surface area contributed by atoms with Gasteiger partial charge in [0.2, 0.25) is 0 Å². The zero-order chi connectivity index (χ0) is 9.38. The molecule has 4 nitrogen and oxygen atoms in total. The molecule has 2 aromatic heterocycles. The van der Waals surface area contributed by atoms with Crippen LogP contribution < -0.4 is 5.32 Å². The van der Waals surface area contributed by atoms with E-state index in [0.29, 0.717) is 0 Å². The number of hydrogen-bond donors (Lipinski definition) is 1. The van der Waals surface area contributed by atoms with Crippen molar-refractivity contribution in [3.05, 3.63) is 30.2 Å². The molecule has 1 N–H and O–H groups in total. The van der Waals surface area contributed by atoms with E-state index in [4.69, 9.17) is 0 Å². The highest BCUT2D eigenvalue weighted by Crippen LogP contribution is 2.19. The van der Waals surface area contributed by atoms with Crippen molar-refractivity contribution in [3.8, 4) is 0 Å². The lowest BCUT2D eigenvalue weighted by atomic mass is 10.3. The summed E-state index contributed by atoms with van der Waals surface area (Å²) < 4.78 is 1.81. The van der Waals surface area contributed by atoms with Crippen LogP contribution in [0, 0.1) is 0 Å². The van der Waals surface area contributed by atoms with Gasteiger partial charge < -0.3 is 5.32 Å². The van der Waals surface area contributed by atoms with Crippen molar-refractivity contribution < 1.29 is 0 Å². The molecule has 14 heavy (non-hydrogen) atoms. The van der Waals surface area contributed by atoms with E-state index in [9.17, 15) is 0 Å². The van der Waals surface area contributed by atoms with Crippen LogP contribution in [0.2, 0.25) is 0 Å². The van der Waals surface area contributed by atoms with Gasteiger partial charge in [0.15, 0.2) is 5.65 Å². The van der Waals surface area contributed by atoms with E-state index >= 15 is 0 Å². The maximum Gasteiger partial charge on any atom is 0.159 e. The maximum absolute atomic E-state index is 4.30. The van der Waals surface area contributed by atoms with E-state index in [1.54, 1.807) is 6.20 Å². The van der Waals surface area contributed by atoms with Crippen molar-refractivity contribution in [1.82, 2.24) is 19.9 Å². The van der Waals surface area contributed by atoms with Crippen molar-refractivity contribution in [3.63, 3.8) is 0 Å². The van der Waals surface area contributed by atoms with Gasteiger partial charge in [-0.25, -0.2) is 9.50 Å². The number of nitrogens with one attached hydrogen (secondary N) is 1. The minimum Gasteiger partial charge on any atom is -0.310 e. The van der Waals surface area contributed by atoms with Crippen LogP contribution in [-0.2, 0) is 6.54 Å². The quantitative estimate of drug-likeness (QED) is 0.780. The van der Waals surface area contributed by atoms with Crippen molar-refractivity contribution in [2.24, 2.45) is 0 Å². The highest BCUT2D eigenvalue weighted by atomic mass is 15.2. The number of nitrogens with zero attached hydrogens (tertiary/aromatic N) is 3. The molecule has 0 amide bonds. The van der Waals surface area contributed by atoms with Crippen molar-refractivity contribution in [2.75, 3.05) is 0 Å². The second kappa shape index (κ2) is 3.06. The third-order valence-corrected chi connectivity index (χ3v) is 2.51. The molecule has 1 aliphatic rings. The summed E-state index contributed by atoms with van der Waals surface area (Å²) >= 11 is 0. The molecule has 1 fully saturated rings. The molecular weight excluding hydrogens is 176 g/mol. The highest BCUT2D eigenvalue weighted by Gasteiger charge is 2.20. The lowest BCUT2D eigenvalue weighted by Gasteiger charge is -1.99. The van der Waals surface area contributed by atoms with Gasteiger partial charge in [-0.1, -0.05) is 0 Å². The minimum atomic E-state index is 0.730. The molecule has 0 aliphatic heterocycles. The molecule has 0 radical (unpaired) electrons. The molecule has 0 atom stereocenters. The van der Waals surface area contributed by atoms with E-state index in [1.807, 2.05) is 23.0 Å². The van der Waals surface area contributed by atoms with Crippen molar-refractivity contribution in [1.29, 1.82) is 0 Å². The van der Waals surface area contributed by atoms with Crippen LogP contribution in [0.4, 0.5) is 0 Å². The Morgan fingerprint density at radius 3 is 3.29 bits per heavy atom. The molecule has 4 heteroatoms. The van der Waals surface area contributed by atoms with E-state index in [-0.39, 0.29) is 0 Å². The Morgan fingerprint density at radius 1 is 1.50 bits per heavy atom. The summed E-state index contributed by atoms with van der Waals surface area (Å²) in [7, 11) is 0. The van der Waals surface area contributed by atoms with Gasteiger partial charge in [-0.3, -0.25) is 0 Å². The largest absolute Gasteiger partial charge is 0.310 e. The predicted octanol–water partition coefficient (Wildman–Crippen LogP) is 0.981. The summed E-state index contributed by atoms with van der Waals surface area (Å²) in [4.78, 5) is 4.30. The molecular formula is C10H12N4. The minimum absolute atomic E-state index is 0.730. The molecule has 72 valence electrons. The van der Waals surface area contributed by atoms with Gasteiger partial charge in [0, 0.05) is 30.5 Å². The molecule has 0 saturated heterocycles. The topological polar surface area (TPSA) is 42.2 Å². The number of hydrogen-bond acceptors (Lipinski definition) is 3. The first-order valence-corrected chi connectivity index (χ1v) is 4.94. The average Bonchev–Trinajstić information content (AvgIpc) is 2.96. The van der Waals surface area contributed by atoms with Gasteiger partial charge in [-0.05, 0) is 18.9 Å². The van der Waals surface area contributed by atoms with Crippen LogP contribution in [0.15, 0.2) is 24.7 Å². The lowest BCUT2D eigenvalue weighted by molar-refractivity contribution is 0.690. The number of aromatic nitrogens is 3. The Kier molecular flexibility index (Phi) is 1.73. The SMILES string of the molecule is c1cnc2c(CNC3CC3)cnn2c1. The van der Waals surface area contributed by atoms with Gasteiger partial charge in [0.1, 0.15) is 0 Å². The molecule has 2 heterocycles. The normalized spacial score (nSPS) is 16.3. The fourth-order valence-electron chi connectivity index (χ4n) is 1.54. The molecule has 3 rings (SSSR count). The number of fused-ring (bicyclic) bond motifs is 1. The van der Waals surface area contributed by atoms with Crippen LogP contribution in [0.1, 0.15) is 18.4 Å². The summed E-state index contributed by atoms with van der Waals surface area (Å²) in [5, 5.41) is 7.69. The van der Waals surface area contributed by atoms with E-state index in [0.717, 1.165) is 18.2 Å². The van der Waals surface area contributed by atoms with Gasteiger partial charge in [0.25, 0.3) is 0 Å². The van der Waals surface area contributed by atoms with Crippen molar-refractivity contribution >= 4 is 5.65 Å². The maximum atomic E-state index is 4.30. The summed E-state index contributed by atoms with van der Waals surface area (Å²) in [6.45, 7) is 0.880. The smallest absolute Gasteiger partial charge is 0.159 e. The van der Waals surface area contributed by atoms with E-state index in [1.165, 1.54) is 18.4 Å². The molecule has 0 unspecified atom stereocenters. The summed E-state index contributed by atoms with van der Waals surface area (Å²) in [6, 6.07) is 2.62. The van der Waals surface area contributed by atoms with Crippen LogP contribution in [0.5, 0.6) is 0 Å². The zero-order valence-electron chi connectivity index (χ0n) is 7.85. The van der Waals surface area contributed by atoms with Crippen LogP contribution in [0.25, 0.3) is 5.65 Å². The second-order valence-corrected chi connectivity index (χ2v) is 3.71. The Bertz CT molecular complexity index is 444. The third kappa shape index (κ3) is 1.37. The molecule has 0 spiro atoms. The molecule has 1 aliphatic carbocycles. The summed E-state index contributed by atoms with van der Waals surface area (Å²) in [5.74, 6) is 0. The molecule has 2 aromatic rings. The fraction of sp³-hybridized carbons (Fsp3) is 0.400. The Balaban J connectivity index is 1.87. The lowest BCUT2D eigenvalue weighted by Crippen LogP contribution is -2.15. The van der Waals surface area contributed by atoms with Crippen LogP contribution in [0.3, 0.4) is 0 Å². The molecule has 0 aromatic carbocycles. The first kappa shape index (κ1) is 7.94. The molecule has 1 saturated carbocycles. The summed E-state index contributed by atoms with van der Waals surface area (Å²) in [5.41, 5.74) is 2.14. The Labute approximate surface area is 82.0 Å². The van der Waals surface area contributed by atoms with E-state index < -0.39 is 0 Å². The van der Waals surface area contributed by atoms with Gasteiger partial charge in [0.05, 0.1) is 6.20 Å². The van der Waals surface area contributed by atoms with Crippen LogP contribution in [-0.4, -0.2) is 20.6 Å². The first-order chi connectivity index (χ1) is 6.93. The zero-order valence-corrected chi connectivity index (χ0v) is 7.85. The Morgan fingerprint density at radius 2 is 2.43 bits per heavy atom.